The summed E-state index contributed by atoms with van der Waals surface area (Å²) in [6.45, 7) is 3.99. The maximum atomic E-state index is 11.8. The Morgan fingerprint density at radius 3 is 3.05 bits per heavy atom. The minimum Gasteiger partial charge on any atom is -0.489 e. The summed E-state index contributed by atoms with van der Waals surface area (Å²) in [5.74, 6) is 0.202. The third-order valence-electron chi connectivity index (χ3n) is 2.49. The molecule has 112 valence electrons. The zero-order valence-electron chi connectivity index (χ0n) is 11.6. The molecule has 2 rings (SSSR count). The Kier molecular flexibility index (Phi) is 5.79. The van der Waals surface area contributed by atoms with E-state index in [1.165, 1.54) is 24.8 Å². The standard InChI is InChI=1S/C15H13BrN4O2/c1-2-7-22-14-4-3-12(16)8-11(14)9-19-20-15(21)13-10-17-5-6-18-13/h2-6,8-10H,1,7H2,(H,20,21)/b19-9-. The summed E-state index contributed by atoms with van der Waals surface area (Å²) in [6, 6.07) is 5.49. The first-order valence-corrected chi connectivity index (χ1v) is 7.12. The molecule has 0 radical (unpaired) electrons. The van der Waals surface area contributed by atoms with Crippen LogP contribution in [0.2, 0.25) is 0 Å². The molecule has 0 spiro atoms. The van der Waals surface area contributed by atoms with Crippen LogP contribution in [-0.4, -0.2) is 28.7 Å². The fourth-order valence-electron chi connectivity index (χ4n) is 1.53. The van der Waals surface area contributed by atoms with Crippen LogP contribution < -0.4 is 10.2 Å². The summed E-state index contributed by atoms with van der Waals surface area (Å²) in [5.41, 5.74) is 3.30. The zero-order chi connectivity index (χ0) is 15.8. The Morgan fingerprint density at radius 1 is 1.45 bits per heavy atom. The van der Waals surface area contributed by atoms with Gasteiger partial charge in [-0.1, -0.05) is 28.6 Å². The van der Waals surface area contributed by atoms with Gasteiger partial charge >= 0.3 is 0 Å². The molecule has 1 aromatic heterocycles. The Labute approximate surface area is 136 Å². The van der Waals surface area contributed by atoms with Crippen LogP contribution in [0.3, 0.4) is 0 Å². The second kappa shape index (κ2) is 8.04. The monoisotopic (exact) mass is 360 g/mol. The molecule has 1 N–H and O–H groups in total. The van der Waals surface area contributed by atoms with Crippen molar-refractivity contribution >= 4 is 28.1 Å². The summed E-state index contributed by atoms with van der Waals surface area (Å²) in [7, 11) is 0. The molecule has 0 aliphatic carbocycles. The van der Waals surface area contributed by atoms with E-state index < -0.39 is 5.91 Å². The van der Waals surface area contributed by atoms with Gasteiger partial charge in [-0.2, -0.15) is 5.10 Å². The molecule has 0 atom stereocenters. The summed E-state index contributed by atoms with van der Waals surface area (Å²) in [5, 5.41) is 3.91. The van der Waals surface area contributed by atoms with Crippen molar-refractivity contribution in [2.24, 2.45) is 5.10 Å². The number of hydrogen-bond acceptors (Lipinski definition) is 5. The lowest BCUT2D eigenvalue weighted by Crippen LogP contribution is -2.19. The van der Waals surface area contributed by atoms with Crippen LogP contribution in [0.4, 0.5) is 0 Å². The molecule has 1 heterocycles. The second-order valence-corrected chi connectivity index (χ2v) is 4.99. The molecule has 0 saturated heterocycles. The van der Waals surface area contributed by atoms with Crippen molar-refractivity contribution in [2.45, 2.75) is 0 Å². The van der Waals surface area contributed by atoms with Crippen LogP contribution in [0, 0.1) is 0 Å². The van der Waals surface area contributed by atoms with Gasteiger partial charge in [0.15, 0.2) is 0 Å². The molecule has 0 aliphatic heterocycles. The highest BCUT2D eigenvalue weighted by atomic mass is 79.9. The van der Waals surface area contributed by atoms with E-state index in [0.717, 1.165) is 10.0 Å². The SMILES string of the molecule is C=CCOc1ccc(Br)cc1/C=N\NC(=O)c1cnccn1. The van der Waals surface area contributed by atoms with E-state index in [0.29, 0.717) is 12.4 Å². The minimum atomic E-state index is -0.437. The minimum absolute atomic E-state index is 0.192. The third-order valence-corrected chi connectivity index (χ3v) is 2.99. The molecule has 22 heavy (non-hydrogen) atoms. The average Bonchev–Trinajstić information content (AvgIpc) is 2.55. The highest BCUT2D eigenvalue weighted by Crippen LogP contribution is 2.21. The highest BCUT2D eigenvalue weighted by molar-refractivity contribution is 9.10. The van der Waals surface area contributed by atoms with Crippen molar-refractivity contribution in [3.63, 3.8) is 0 Å². The summed E-state index contributed by atoms with van der Waals surface area (Å²) < 4.78 is 6.39. The summed E-state index contributed by atoms with van der Waals surface area (Å²) in [4.78, 5) is 19.5. The number of hydrazone groups is 1. The number of halogens is 1. The van der Waals surface area contributed by atoms with Crippen molar-refractivity contribution < 1.29 is 9.53 Å². The maximum absolute atomic E-state index is 11.8. The molecule has 0 aliphatic rings. The predicted octanol–water partition coefficient (Wildman–Crippen LogP) is 2.57. The molecular formula is C15H13BrN4O2. The fraction of sp³-hybridized carbons (Fsp3) is 0.0667. The van der Waals surface area contributed by atoms with E-state index in [4.69, 9.17) is 4.74 Å². The number of aromatic nitrogens is 2. The highest BCUT2D eigenvalue weighted by Gasteiger charge is 2.05. The number of amides is 1. The second-order valence-electron chi connectivity index (χ2n) is 4.07. The normalized spacial score (nSPS) is 10.4. The number of ether oxygens (including phenoxy) is 1. The first-order chi connectivity index (χ1) is 10.7. The third kappa shape index (κ3) is 4.49. The van der Waals surface area contributed by atoms with Gasteiger partial charge in [0.25, 0.3) is 5.91 Å². The fourth-order valence-corrected chi connectivity index (χ4v) is 1.91. The van der Waals surface area contributed by atoms with Crippen molar-refractivity contribution in [1.29, 1.82) is 0 Å². The van der Waals surface area contributed by atoms with Gasteiger partial charge in [-0.05, 0) is 18.2 Å². The van der Waals surface area contributed by atoms with Crippen LogP contribution in [-0.2, 0) is 0 Å². The Balaban J connectivity index is 2.07. The number of carbonyl (C=O) groups excluding carboxylic acids is 1. The summed E-state index contributed by atoms with van der Waals surface area (Å²) >= 11 is 3.38. The predicted molar refractivity (Wildman–Crippen MR) is 86.9 cm³/mol. The van der Waals surface area contributed by atoms with E-state index in [1.54, 1.807) is 12.1 Å². The number of hydrogen-bond donors (Lipinski definition) is 1. The van der Waals surface area contributed by atoms with Gasteiger partial charge in [-0.3, -0.25) is 9.78 Å². The van der Waals surface area contributed by atoms with Crippen LogP contribution in [0.1, 0.15) is 16.1 Å². The smallest absolute Gasteiger partial charge is 0.291 e. The van der Waals surface area contributed by atoms with Gasteiger partial charge in [0.2, 0.25) is 0 Å². The van der Waals surface area contributed by atoms with Gasteiger partial charge in [-0.15, -0.1) is 0 Å². The van der Waals surface area contributed by atoms with Crippen molar-refractivity contribution in [3.8, 4) is 5.75 Å². The lowest BCUT2D eigenvalue weighted by molar-refractivity contribution is 0.0949. The maximum Gasteiger partial charge on any atom is 0.291 e. The molecule has 1 amide bonds. The van der Waals surface area contributed by atoms with E-state index in [1.807, 2.05) is 12.1 Å². The van der Waals surface area contributed by atoms with E-state index in [9.17, 15) is 4.79 Å². The zero-order valence-corrected chi connectivity index (χ0v) is 13.2. The van der Waals surface area contributed by atoms with Gasteiger partial charge in [0.05, 0.1) is 12.4 Å². The lowest BCUT2D eigenvalue weighted by atomic mass is 10.2. The molecule has 0 fully saturated rings. The first kappa shape index (κ1) is 15.8. The van der Waals surface area contributed by atoms with Crippen LogP contribution in [0.5, 0.6) is 5.75 Å². The molecular weight excluding hydrogens is 348 g/mol. The van der Waals surface area contributed by atoms with Crippen LogP contribution in [0.25, 0.3) is 0 Å². The summed E-state index contributed by atoms with van der Waals surface area (Å²) in [6.07, 6.45) is 7.44. The van der Waals surface area contributed by atoms with Gasteiger partial charge in [-0.25, -0.2) is 10.4 Å². The van der Waals surface area contributed by atoms with Gasteiger partial charge in [0, 0.05) is 22.4 Å². The van der Waals surface area contributed by atoms with Crippen LogP contribution in [0.15, 0.2) is 59.0 Å². The molecule has 2 aromatic rings. The Bertz CT molecular complexity index is 689. The molecule has 0 saturated carbocycles. The molecule has 6 nitrogen and oxygen atoms in total. The average molecular weight is 361 g/mol. The van der Waals surface area contributed by atoms with Gasteiger partial charge < -0.3 is 4.74 Å². The Hall–Kier alpha value is -2.54. The largest absolute Gasteiger partial charge is 0.489 e. The number of nitrogens with zero attached hydrogens (tertiary/aromatic N) is 3. The quantitative estimate of drug-likeness (QED) is 0.487. The van der Waals surface area contributed by atoms with E-state index >= 15 is 0 Å². The number of rotatable bonds is 6. The molecule has 7 heteroatoms. The molecule has 0 unspecified atom stereocenters. The lowest BCUT2D eigenvalue weighted by Gasteiger charge is -2.07. The number of carbonyl (C=O) groups is 1. The van der Waals surface area contributed by atoms with Crippen molar-refractivity contribution in [3.05, 3.63) is 65.2 Å². The number of benzene rings is 1. The van der Waals surface area contributed by atoms with Gasteiger partial charge in [0.1, 0.15) is 18.1 Å². The van der Waals surface area contributed by atoms with Crippen LogP contribution >= 0.6 is 15.9 Å². The van der Waals surface area contributed by atoms with E-state index in [2.05, 4.69) is 43.0 Å². The van der Waals surface area contributed by atoms with E-state index in [-0.39, 0.29) is 5.69 Å². The Morgan fingerprint density at radius 2 is 2.32 bits per heavy atom. The molecule has 1 aromatic carbocycles. The van der Waals surface area contributed by atoms with Crippen molar-refractivity contribution in [1.82, 2.24) is 15.4 Å². The topological polar surface area (TPSA) is 76.5 Å². The van der Waals surface area contributed by atoms with Crippen molar-refractivity contribution in [2.75, 3.05) is 6.61 Å². The number of nitrogens with one attached hydrogen (secondary N) is 1. The molecule has 0 bridgehead atoms. The first-order valence-electron chi connectivity index (χ1n) is 6.33.